The lowest BCUT2D eigenvalue weighted by atomic mass is 10.2. The third-order valence-corrected chi connectivity index (χ3v) is 5.70. The fraction of sp³-hybridized carbons (Fsp3) is 0.294. The highest BCUT2D eigenvalue weighted by atomic mass is 35.5. The Morgan fingerprint density at radius 3 is 2.40 bits per heavy atom. The van der Waals surface area contributed by atoms with E-state index in [0.29, 0.717) is 19.0 Å². The van der Waals surface area contributed by atoms with Crippen LogP contribution in [0.25, 0.3) is 0 Å². The summed E-state index contributed by atoms with van der Waals surface area (Å²) in [6.45, 7) is 0.639. The Kier molecular flexibility index (Phi) is 6.78. The first kappa shape index (κ1) is 19.7. The first-order chi connectivity index (χ1) is 11.9. The van der Waals surface area contributed by atoms with Gasteiger partial charge >= 0.3 is 0 Å². The molecule has 2 rings (SSSR count). The largest absolute Gasteiger partial charge is 0.491 e. The van der Waals surface area contributed by atoms with Crippen molar-refractivity contribution in [3.05, 3.63) is 58.9 Å². The summed E-state index contributed by atoms with van der Waals surface area (Å²) in [6.07, 6.45) is 0. The highest BCUT2D eigenvalue weighted by Gasteiger charge is 2.23. The van der Waals surface area contributed by atoms with E-state index in [2.05, 4.69) is 0 Å². The Balaban J connectivity index is 2.14. The molecule has 0 radical (unpaired) electrons. The number of sulfonamides is 1. The highest BCUT2D eigenvalue weighted by Crippen LogP contribution is 2.24. The normalized spacial score (nSPS) is 11.7. The Hall–Kier alpha value is -1.67. The van der Waals surface area contributed by atoms with Gasteiger partial charge in [-0.3, -0.25) is 0 Å². The number of hydrogen-bond acceptors (Lipinski definition) is 4. The van der Waals surface area contributed by atoms with Crippen molar-refractivity contribution in [3.63, 3.8) is 0 Å². The molecule has 8 heteroatoms. The van der Waals surface area contributed by atoms with Crippen molar-refractivity contribution in [3.8, 4) is 5.75 Å². The van der Waals surface area contributed by atoms with Crippen molar-refractivity contribution in [1.29, 1.82) is 0 Å². The van der Waals surface area contributed by atoms with E-state index in [0.717, 1.165) is 4.31 Å². The van der Waals surface area contributed by atoms with Crippen LogP contribution >= 0.6 is 11.6 Å². The van der Waals surface area contributed by atoms with Crippen LogP contribution in [0.2, 0.25) is 5.02 Å². The number of ether oxygens (including phenoxy) is 2. The maximum atomic E-state index is 13.9. The monoisotopic (exact) mass is 387 g/mol. The average molecular weight is 388 g/mol. The molecule has 0 unspecified atom stereocenters. The summed E-state index contributed by atoms with van der Waals surface area (Å²) in [5.74, 6) is -0.00718. The maximum absolute atomic E-state index is 13.9. The summed E-state index contributed by atoms with van der Waals surface area (Å²) in [5, 5.41) is 0.184. The fourth-order valence-corrected chi connectivity index (χ4v) is 3.48. The van der Waals surface area contributed by atoms with Crippen LogP contribution in [0.15, 0.2) is 47.4 Å². The summed E-state index contributed by atoms with van der Waals surface area (Å²) in [4.78, 5) is 0.0848. The van der Waals surface area contributed by atoms with Gasteiger partial charge in [-0.15, -0.1) is 0 Å². The molecule has 0 N–H and O–H groups in total. The third-order valence-electron chi connectivity index (χ3n) is 3.53. The van der Waals surface area contributed by atoms with Gasteiger partial charge in [0.05, 0.1) is 11.5 Å². The van der Waals surface area contributed by atoms with Gasteiger partial charge in [-0.25, -0.2) is 12.8 Å². The van der Waals surface area contributed by atoms with Crippen molar-refractivity contribution in [1.82, 2.24) is 4.31 Å². The zero-order valence-corrected chi connectivity index (χ0v) is 15.5. The minimum absolute atomic E-state index is 0.0848. The number of halogens is 2. The second kappa shape index (κ2) is 8.62. The van der Waals surface area contributed by atoms with Crippen LogP contribution in [0.3, 0.4) is 0 Å². The van der Waals surface area contributed by atoms with E-state index < -0.39 is 15.8 Å². The van der Waals surface area contributed by atoms with E-state index in [1.807, 2.05) is 0 Å². The summed E-state index contributed by atoms with van der Waals surface area (Å²) in [7, 11) is -0.843. The molecule has 0 aliphatic heterocycles. The molecule has 0 fully saturated rings. The fourth-order valence-electron chi connectivity index (χ4n) is 2.12. The molecule has 5 nitrogen and oxygen atoms in total. The van der Waals surface area contributed by atoms with Gasteiger partial charge in [0.2, 0.25) is 10.0 Å². The number of rotatable bonds is 8. The smallest absolute Gasteiger partial charge is 0.243 e. The number of nitrogens with zero attached hydrogens (tertiary/aromatic N) is 1. The molecule has 0 saturated carbocycles. The molecule has 136 valence electrons. The van der Waals surface area contributed by atoms with Gasteiger partial charge < -0.3 is 9.47 Å². The minimum Gasteiger partial charge on any atom is -0.491 e. The van der Waals surface area contributed by atoms with Crippen molar-refractivity contribution in [2.24, 2.45) is 0 Å². The lowest BCUT2D eigenvalue weighted by Gasteiger charge is -2.18. The molecule has 0 aliphatic carbocycles. The summed E-state index contributed by atoms with van der Waals surface area (Å²) >= 11 is 5.96. The summed E-state index contributed by atoms with van der Waals surface area (Å²) in [6, 6.07) is 10.2. The molecule has 0 saturated heterocycles. The number of methoxy groups -OCH3 is 1. The van der Waals surface area contributed by atoms with Gasteiger partial charge in [0.1, 0.15) is 18.2 Å². The van der Waals surface area contributed by atoms with Crippen LogP contribution in [0.5, 0.6) is 5.75 Å². The average Bonchev–Trinajstić information content (AvgIpc) is 2.59. The van der Waals surface area contributed by atoms with Crippen LogP contribution in [0.4, 0.5) is 4.39 Å². The molecule has 25 heavy (non-hydrogen) atoms. The van der Waals surface area contributed by atoms with E-state index in [-0.39, 0.29) is 22.0 Å². The minimum atomic E-state index is -3.78. The van der Waals surface area contributed by atoms with Crippen LogP contribution in [-0.2, 0) is 21.3 Å². The standard InChI is InChI=1S/C17H19ClFNO4S/c1-20(12-15-16(18)4-3-5-17(15)19)25(21,22)14-8-6-13(7-9-14)24-11-10-23-2/h3-9H,10-12H2,1-2H3. The van der Waals surface area contributed by atoms with Crippen LogP contribution in [-0.4, -0.2) is 40.1 Å². The molecular weight excluding hydrogens is 369 g/mol. The summed E-state index contributed by atoms with van der Waals surface area (Å²) in [5.41, 5.74) is 0.134. The van der Waals surface area contributed by atoms with Gasteiger partial charge in [0.25, 0.3) is 0 Å². The lowest BCUT2D eigenvalue weighted by Crippen LogP contribution is -2.27. The lowest BCUT2D eigenvalue weighted by molar-refractivity contribution is 0.146. The van der Waals surface area contributed by atoms with Crippen molar-refractivity contribution < 1.29 is 22.3 Å². The Morgan fingerprint density at radius 1 is 1.12 bits per heavy atom. The Labute approximate surface area is 152 Å². The predicted octanol–water partition coefficient (Wildman–Crippen LogP) is 3.33. The second-order valence-corrected chi connectivity index (χ2v) is 7.73. The van der Waals surface area contributed by atoms with E-state index in [1.165, 1.54) is 37.4 Å². The molecule has 0 amide bonds. The van der Waals surface area contributed by atoms with Gasteiger partial charge in [0.15, 0.2) is 0 Å². The van der Waals surface area contributed by atoms with Crippen LogP contribution in [0, 0.1) is 5.82 Å². The van der Waals surface area contributed by atoms with Crippen molar-refractivity contribution in [2.75, 3.05) is 27.4 Å². The topological polar surface area (TPSA) is 55.8 Å². The first-order valence-electron chi connectivity index (χ1n) is 7.47. The number of hydrogen-bond donors (Lipinski definition) is 0. The zero-order chi connectivity index (χ0) is 18.4. The quantitative estimate of drug-likeness (QED) is 0.652. The predicted molar refractivity (Wildman–Crippen MR) is 93.9 cm³/mol. The van der Waals surface area contributed by atoms with E-state index >= 15 is 0 Å². The van der Waals surface area contributed by atoms with Crippen molar-refractivity contribution in [2.45, 2.75) is 11.4 Å². The SMILES string of the molecule is COCCOc1ccc(S(=O)(=O)N(C)Cc2c(F)cccc2Cl)cc1. The van der Waals surface area contributed by atoms with E-state index in [4.69, 9.17) is 21.1 Å². The first-order valence-corrected chi connectivity index (χ1v) is 9.29. The van der Waals surface area contributed by atoms with Gasteiger partial charge in [0, 0.05) is 31.3 Å². The zero-order valence-electron chi connectivity index (χ0n) is 13.9. The Morgan fingerprint density at radius 2 is 1.80 bits per heavy atom. The van der Waals surface area contributed by atoms with Crippen LogP contribution < -0.4 is 4.74 Å². The maximum Gasteiger partial charge on any atom is 0.243 e. The second-order valence-electron chi connectivity index (χ2n) is 5.27. The highest BCUT2D eigenvalue weighted by molar-refractivity contribution is 7.89. The van der Waals surface area contributed by atoms with Gasteiger partial charge in [-0.1, -0.05) is 17.7 Å². The Bertz CT molecular complexity index is 792. The molecule has 0 spiro atoms. The number of benzene rings is 2. The molecule has 0 aliphatic rings. The van der Waals surface area contributed by atoms with E-state index in [9.17, 15) is 12.8 Å². The molecule has 0 heterocycles. The molecule has 2 aromatic rings. The molecule has 0 bridgehead atoms. The summed E-state index contributed by atoms with van der Waals surface area (Å²) < 4.78 is 50.5. The van der Waals surface area contributed by atoms with Crippen LogP contribution in [0.1, 0.15) is 5.56 Å². The van der Waals surface area contributed by atoms with Gasteiger partial charge in [-0.2, -0.15) is 4.31 Å². The molecule has 0 atom stereocenters. The third kappa shape index (κ3) is 4.92. The molecular formula is C17H19ClFNO4S. The van der Waals surface area contributed by atoms with Gasteiger partial charge in [-0.05, 0) is 36.4 Å². The molecule has 0 aromatic heterocycles. The molecule has 2 aromatic carbocycles. The van der Waals surface area contributed by atoms with E-state index in [1.54, 1.807) is 19.2 Å². The van der Waals surface area contributed by atoms with Crippen molar-refractivity contribution >= 4 is 21.6 Å².